The molecule has 0 radical (unpaired) electrons. The Morgan fingerprint density at radius 1 is 1.45 bits per heavy atom. The summed E-state index contributed by atoms with van der Waals surface area (Å²) >= 11 is 0. The van der Waals surface area contributed by atoms with Crippen LogP contribution < -0.4 is 4.74 Å². The average molecular weight is 279 g/mol. The minimum atomic E-state index is -0.946. The number of aryl methyl sites for hydroxylation is 1. The predicted molar refractivity (Wildman–Crippen MR) is 74.9 cm³/mol. The summed E-state index contributed by atoms with van der Waals surface area (Å²) in [6.07, 6.45) is -0.438. The van der Waals surface area contributed by atoms with E-state index in [9.17, 15) is 9.90 Å². The molecule has 1 fully saturated rings. The summed E-state index contributed by atoms with van der Waals surface area (Å²) in [4.78, 5) is 13.1. The second-order valence-corrected chi connectivity index (χ2v) is 5.45. The van der Waals surface area contributed by atoms with Crippen LogP contribution in [0, 0.1) is 12.8 Å². The largest absolute Gasteiger partial charge is 0.496 e. The van der Waals surface area contributed by atoms with Gasteiger partial charge < -0.3 is 14.9 Å². The molecule has 2 N–H and O–H groups in total. The van der Waals surface area contributed by atoms with Crippen LogP contribution in [0.4, 0.5) is 0 Å². The summed E-state index contributed by atoms with van der Waals surface area (Å²) in [5.41, 5.74) is 2.09. The van der Waals surface area contributed by atoms with E-state index in [1.54, 1.807) is 7.11 Å². The first-order chi connectivity index (χ1) is 9.43. The van der Waals surface area contributed by atoms with E-state index in [1.807, 2.05) is 37.1 Å². The highest BCUT2D eigenvalue weighted by molar-refractivity contribution is 5.71. The highest BCUT2D eigenvalue weighted by Gasteiger charge is 2.38. The van der Waals surface area contributed by atoms with Crippen LogP contribution >= 0.6 is 0 Å². The number of benzene rings is 1. The number of ether oxygens (including phenoxy) is 1. The first kappa shape index (κ1) is 14.8. The van der Waals surface area contributed by atoms with Crippen molar-refractivity contribution in [2.45, 2.75) is 25.5 Å². The lowest BCUT2D eigenvalue weighted by molar-refractivity contribution is -0.150. The molecular weight excluding hydrogens is 258 g/mol. The molecule has 5 heteroatoms. The van der Waals surface area contributed by atoms with Gasteiger partial charge in [0.15, 0.2) is 0 Å². The third-order valence-corrected chi connectivity index (χ3v) is 4.01. The maximum atomic E-state index is 11.1. The van der Waals surface area contributed by atoms with Gasteiger partial charge in [-0.15, -0.1) is 0 Å². The number of carbonyl (C=O) groups is 1. The zero-order chi connectivity index (χ0) is 14.9. The molecule has 1 aromatic rings. The third kappa shape index (κ3) is 2.78. The molecule has 20 heavy (non-hydrogen) atoms. The van der Waals surface area contributed by atoms with Gasteiger partial charge in [-0.1, -0.05) is 12.1 Å². The molecule has 0 spiro atoms. The molecule has 0 aromatic heterocycles. The van der Waals surface area contributed by atoms with E-state index in [4.69, 9.17) is 9.84 Å². The van der Waals surface area contributed by atoms with E-state index in [2.05, 4.69) is 0 Å². The van der Waals surface area contributed by atoms with Crippen LogP contribution in [-0.4, -0.2) is 47.9 Å². The van der Waals surface area contributed by atoms with E-state index in [-0.39, 0.29) is 6.04 Å². The fourth-order valence-corrected chi connectivity index (χ4v) is 2.83. The van der Waals surface area contributed by atoms with Gasteiger partial charge >= 0.3 is 5.97 Å². The number of hydrogen-bond donors (Lipinski definition) is 2. The van der Waals surface area contributed by atoms with Gasteiger partial charge in [-0.05, 0) is 32.0 Å². The standard InChI is InChI=1S/C15H21NO4/c1-9-4-5-10(14(6-9)20-3)12-7-13(17)11(15(18)19)8-16(12)2/h4-6,11-13,17H,7-8H2,1-3H3,(H,18,19). The van der Waals surface area contributed by atoms with Gasteiger partial charge in [-0.2, -0.15) is 0 Å². The van der Waals surface area contributed by atoms with E-state index < -0.39 is 18.0 Å². The topological polar surface area (TPSA) is 70.0 Å². The van der Waals surface area contributed by atoms with Crippen molar-refractivity contribution in [3.8, 4) is 5.75 Å². The van der Waals surface area contributed by atoms with Crippen molar-refractivity contribution in [1.82, 2.24) is 4.90 Å². The van der Waals surface area contributed by atoms with E-state index in [0.29, 0.717) is 13.0 Å². The second kappa shape index (κ2) is 5.81. The number of likely N-dealkylation sites (tertiary alicyclic amines) is 1. The number of carboxylic acid groups (broad SMARTS) is 1. The van der Waals surface area contributed by atoms with Crippen LogP contribution in [-0.2, 0) is 4.79 Å². The van der Waals surface area contributed by atoms with Gasteiger partial charge in [-0.3, -0.25) is 9.69 Å². The Morgan fingerprint density at radius 3 is 2.75 bits per heavy atom. The summed E-state index contributed by atoms with van der Waals surface area (Å²) < 4.78 is 5.41. The number of aliphatic hydroxyl groups is 1. The summed E-state index contributed by atoms with van der Waals surface area (Å²) in [6.45, 7) is 2.32. The first-order valence-corrected chi connectivity index (χ1v) is 6.69. The molecule has 1 saturated heterocycles. The molecule has 0 amide bonds. The fourth-order valence-electron chi connectivity index (χ4n) is 2.83. The SMILES string of the molecule is COc1cc(C)ccc1C1CC(O)C(C(=O)O)CN1C. The number of hydrogen-bond acceptors (Lipinski definition) is 4. The van der Waals surface area contributed by atoms with Crippen LogP contribution in [0.2, 0.25) is 0 Å². The summed E-state index contributed by atoms with van der Waals surface area (Å²) in [5, 5.41) is 19.2. The molecule has 1 aliphatic heterocycles. The molecule has 110 valence electrons. The van der Waals surface area contributed by atoms with Crippen LogP contribution in [0.15, 0.2) is 18.2 Å². The zero-order valence-electron chi connectivity index (χ0n) is 12.0. The molecular formula is C15H21NO4. The number of aliphatic hydroxyl groups excluding tert-OH is 1. The van der Waals surface area contributed by atoms with E-state index >= 15 is 0 Å². The Labute approximate surface area is 118 Å². The lowest BCUT2D eigenvalue weighted by Gasteiger charge is -2.39. The number of aliphatic carboxylic acids is 1. The van der Waals surface area contributed by atoms with Gasteiger partial charge in [0, 0.05) is 18.2 Å². The van der Waals surface area contributed by atoms with Gasteiger partial charge in [0.05, 0.1) is 19.1 Å². The lowest BCUT2D eigenvalue weighted by atomic mass is 9.86. The smallest absolute Gasteiger partial charge is 0.310 e. The quantitative estimate of drug-likeness (QED) is 0.876. The minimum Gasteiger partial charge on any atom is -0.496 e. The van der Waals surface area contributed by atoms with Crippen LogP contribution in [0.3, 0.4) is 0 Å². The van der Waals surface area contributed by atoms with Crippen molar-refractivity contribution in [2.24, 2.45) is 5.92 Å². The van der Waals surface area contributed by atoms with Crippen molar-refractivity contribution < 1.29 is 19.7 Å². The number of nitrogens with zero attached hydrogens (tertiary/aromatic N) is 1. The molecule has 5 nitrogen and oxygen atoms in total. The maximum Gasteiger partial charge on any atom is 0.310 e. The minimum absolute atomic E-state index is 0.0313. The van der Waals surface area contributed by atoms with Gasteiger partial charge in [0.1, 0.15) is 5.75 Å². The molecule has 1 aliphatic rings. The van der Waals surface area contributed by atoms with Crippen LogP contribution in [0.1, 0.15) is 23.6 Å². The van der Waals surface area contributed by atoms with Crippen molar-refractivity contribution in [2.75, 3.05) is 20.7 Å². The number of rotatable bonds is 3. The molecule has 0 bridgehead atoms. The molecule has 2 rings (SSSR count). The van der Waals surface area contributed by atoms with Gasteiger partial charge in [-0.25, -0.2) is 0 Å². The van der Waals surface area contributed by atoms with Crippen molar-refractivity contribution >= 4 is 5.97 Å². The highest BCUT2D eigenvalue weighted by atomic mass is 16.5. The Bertz CT molecular complexity index is 503. The van der Waals surface area contributed by atoms with Gasteiger partial charge in [0.25, 0.3) is 0 Å². The molecule has 0 aliphatic carbocycles. The van der Waals surface area contributed by atoms with Crippen molar-refractivity contribution in [3.05, 3.63) is 29.3 Å². The Kier molecular flexibility index (Phi) is 4.30. The van der Waals surface area contributed by atoms with Crippen molar-refractivity contribution in [1.29, 1.82) is 0 Å². The number of methoxy groups -OCH3 is 1. The Balaban J connectivity index is 2.28. The third-order valence-electron chi connectivity index (χ3n) is 4.01. The summed E-state index contributed by atoms with van der Waals surface area (Å²) in [5.74, 6) is -0.894. The Morgan fingerprint density at radius 2 is 2.15 bits per heavy atom. The molecule has 1 heterocycles. The van der Waals surface area contributed by atoms with Crippen LogP contribution in [0.25, 0.3) is 0 Å². The normalized spacial score (nSPS) is 27.3. The van der Waals surface area contributed by atoms with E-state index in [0.717, 1.165) is 16.9 Å². The fraction of sp³-hybridized carbons (Fsp3) is 0.533. The molecule has 1 aromatic carbocycles. The Hall–Kier alpha value is -1.59. The zero-order valence-corrected chi connectivity index (χ0v) is 12.0. The molecule has 3 atom stereocenters. The maximum absolute atomic E-state index is 11.1. The van der Waals surface area contributed by atoms with Gasteiger partial charge in [0.2, 0.25) is 0 Å². The lowest BCUT2D eigenvalue weighted by Crippen LogP contribution is -2.46. The first-order valence-electron chi connectivity index (χ1n) is 6.69. The molecule has 0 saturated carbocycles. The number of carboxylic acids is 1. The monoisotopic (exact) mass is 279 g/mol. The highest BCUT2D eigenvalue weighted by Crippen LogP contribution is 2.37. The van der Waals surface area contributed by atoms with Crippen molar-refractivity contribution in [3.63, 3.8) is 0 Å². The van der Waals surface area contributed by atoms with E-state index in [1.165, 1.54) is 0 Å². The predicted octanol–water partition coefficient (Wildman–Crippen LogP) is 1.44. The second-order valence-electron chi connectivity index (χ2n) is 5.45. The average Bonchev–Trinajstić information content (AvgIpc) is 2.40. The summed E-state index contributed by atoms with van der Waals surface area (Å²) in [7, 11) is 3.50. The summed E-state index contributed by atoms with van der Waals surface area (Å²) in [6, 6.07) is 5.92. The molecule has 3 unspecified atom stereocenters. The van der Waals surface area contributed by atoms with Crippen LogP contribution in [0.5, 0.6) is 5.75 Å². The number of piperidine rings is 1.